The number of phenolic OH excluding ortho intramolecular Hbond substituents is 1. The van der Waals surface area contributed by atoms with Crippen molar-refractivity contribution in [3.8, 4) is 11.5 Å². The molecule has 0 amide bonds. The number of carbonyl (C=O) groups excluding carboxylic acids is 1. The Hall–Kier alpha value is -2.50. The van der Waals surface area contributed by atoms with Gasteiger partial charge in [-0.3, -0.25) is 9.69 Å². The van der Waals surface area contributed by atoms with Gasteiger partial charge < -0.3 is 14.8 Å². The van der Waals surface area contributed by atoms with Crippen molar-refractivity contribution in [1.82, 2.24) is 9.88 Å². The number of aromatic nitrogens is 1. The van der Waals surface area contributed by atoms with Gasteiger partial charge in [-0.05, 0) is 44.1 Å². The zero-order valence-corrected chi connectivity index (χ0v) is 15.8. The lowest BCUT2D eigenvalue weighted by molar-refractivity contribution is 0.103. The summed E-state index contributed by atoms with van der Waals surface area (Å²) in [5.74, 6) is 0.556. The van der Waals surface area contributed by atoms with Crippen LogP contribution in [0.4, 0.5) is 0 Å². The van der Waals surface area contributed by atoms with Crippen molar-refractivity contribution in [1.29, 1.82) is 0 Å². The summed E-state index contributed by atoms with van der Waals surface area (Å²) in [5.41, 5.74) is 1.81. The highest BCUT2D eigenvalue weighted by Gasteiger charge is 2.21. The predicted molar refractivity (Wildman–Crippen MR) is 108 cm³/mol. The van der Waals surface area contributed by atoms with E-state index in [0.717, 1.165) is 30.5 Å². The molecule has 0 aliphatic carbocycles. The fourth-order valence-electron chi connectivity index (χ4n) is 3.48. The highest BCUT2D eigenvalue weighted by Crippen LogP contribution is 2.34. The predicted octanol–water partition coefficient (Wildman–Crippen LogP) is 4.00. The van der Waals surface area contributed by atoms with Crippen molar-refractivity contribution >= 4 is 29.1 Å². The molecule has 2 aromatic carbocycles. The number of ether oxygens (including phenoxy) is 1. The Labute approximate surface area is 164 Å². The molecule has 0 bridgehead atoms. The molecule has 0 atom stereocenters. The third-order valence-electron chi connectivity index (χ3n) is 4.85. The summed E-state index contributed by atoms with van der Waals surface area (Å²) in [6, 6.07) is 14.2. The van der Waals surface area contributed by atoms with Gasteiger partial charge >= 0.3 is 0 Å². The molecule has 6 heteroatoms. The lowest BCUT2D eigenvalue weighted by Crippen LogP contribution is -2.25. The molecule has 3 aromatic rings. The quantitative estimate of drug-likeness (QED) is 0.628. The molecule has 27 heavy (non-hydrogen) atoms. The van der Waals surface area contributed by atoms with Crippen LogP contribution in [-0.2, 0) is 0 Å². The zero-order chi connectivity index (χ0) is 17.9. The third-order valence-corrected chi connectivity index (χ3v) is 4.85. The van der Waals surface area contributed by atoms with Gasteiger partial charge in [0.1, 0.15) is 18.1 Å². The van der Waals surface area contributed by atoms with Crippen molar-refractivity contribution < 1.29 is 14.6 Å². The number of phenols is 1. The summed E-state index contributed by atoms with van der Waals surface area (Å²) < 4.78 is 6.05. The van der Waals surface area contributed by atoms with E-state index in [-0.39, 0.29) is 23.9 Å². The van der Waals surface area contributed by atoms with Crippen LogP contribution in [0.3, 0.4) is 0 Å². The fourth-order valence-corrected chi connectivity index (χ4v) is 3.48. The summed E-state index contributed by atoms with van der Waals surface area (Å²) in [6.07, 6.45) is 2.47. The average Bonchev–Trinajstić information content (AvgIpc) is 3.30. The normalized spacial score (nSPS) is 14.2. The second kappa shape index (κ2) is 8.46. The third kappa shape index (κ3) is 4.10. The van der Waals surface area contributed by atoms with Crippen molar-refractivity contribution in [2.75, 3.05) is 26.2 Å². The van der Waals surface area contributed by atoms with E-state index in [1.165, 1.54) is 12.8 Å². The molecule has 1 aliphatic rings. The van der Waals surface area contributed by atoms with Crippen LogP contribution < -0.4 is 4.74 Å². The van der Waals surface area contributed by atoms with Crippen molar-refractivity contribution in [2.45, 2.75) is 12.8 Å². The first-order valence-electron chi connectivity index (χ1n) is 9.02. The molecule has 1 saturated heterocycles. The molecule has 1 aliphatic heterocycles. The topological polar surface area (TPSA) is 65.6 Å². The first kappa shape index (κ1) is 19.3. The smallest absolute Gasteiger partial charge is 0.213 e. The molecule has 2 N–H and O–H groups in total. The number of aromatic amines is 1. The number of rotatable bonds is 6. The number of hydrogen-bond donors (Lipinski definition) is 2. The maximum atomic E-state index is 13.0. The van der Waals surface area contributed by atoms with Crippen LogP contribution in [0.25, 0.3) is 10.9 Å². The number of benzene rings is 2. The van der Waals surface area contributed by atoms with E-state index in [9.17, 15) is 9.90 Å². The van der Waals surface area contributed by atoms with Crippen LogP contribution >= 0.6 is 12.4 Å². The van der Waals surface area contributed by atoms with Crippen LogP contribution in [0, 0.1) is 0 Å². The molecule has 1 fully saturated rings. The summed E-state index contributed by atoms with van der Waals surface area (Å²) in [6.45, 7) is 3.56. The number of ketones is 1. The molecule has 1 aromatic heterocycles. The second-order valence-electron chi connectivity index (χ2n) is 6.65. The van der Waals surface area contributed by atoms with E-state index in [4.69, 9.17) is 4.74 Å². The number of carbonyl (C=O) groups is 1. The van der Waals surface area contributed by atoms with Crippen LogP contribution in [0.1, 0.15) is 28.9 Å². The van der Waals surface area contributed by atoms with E-state index in [0.29, 0.717) is 23.6 Å². The van der Waals surface area contributed by atoms with Crippen LogP contribution in [0.2, 0.25) is 0 Å². The van der Waals surface area contributed by atoms with E-state index < -0.39 is 0 Å². The second-order valence-corrected chi connectivity index (χ2v) is 6.65. The summed E-state index contributed by atoms with van der Waals surface area (Å²) in [7, 11) is 0. The van der Waals surface area contributed by atoms with Gasteiger partial charge in [-0.2, -0.15) is 0 Å². The molecule has 5 nitrogen and oxygen atoms in total. The summed E-state index contributed by atoms with van der Waals surface area (Å²) in [5, 5.41) is 10.6. The lowest BCUT2D eigenvalue weighted by Gasteiger charge is -2.15. The van der Waals surface area contributed by atoms with Gasteiger partial charge in [0.05, 0.1) is 5.52 Å². The van der Waals surface area contributed by atoms with Gasteiger partial charge in [0, 0.05) is 17.5 Å². The van der Waals surface area contributed by atoms with Gasteiger partial charge in [-0.25, -0.2) is 0 Å². The van der Waals surface area contributed by atoms with Crippen molar-refractivity contribution in [3.63, 3.8) is 0 Å². The largest absolute Gasteiger partial charge is 0.508 e. The van der Waals surface area contributed by atoms with Crippen LogP contribution in [0.5, 0.6) is 11.5 Å². The van der Waals surface area contributed by atoms with Gasteiger partial charge in [0.2, 0.25) is 5.78 Å². The Morgan fingerprint density at radius 3 is 2.59 bits per heavy atom. The minimum Gasteiger partial charge on any atom is -0.508 e. The van der Waals surface area contributed by atoms with Gasteiger partial charge in [-0.15, -0.1) is 12.4 Å². The van der Waals surface area contributed by atoms with Crippen molar-refractivity contribution in [3.05, 3.63) is 59.8 Å². The number of likely N-dealkylation sites (tertiary alicyclic amines) is 1. The molecule has 142 valence electrons. The Morgan fingerprint density at radius 1 is 1.11 bits per heavy atom. The Morgan fingerprint density at radius 2 is 1.85 bits per heavy atom. The Kier molecular flexibility index (Phi) is 6.04. The highest BCUT2D eigenvalue weighted by molar-refractivity contribution is 6.13. The van der Waals surface area contributed by atoms with E-state index >= 15 is 0 Å². The maximum Gasteiger partial charge on any atom is 0.213 e. The summed E-state index contributed by atoms with van der Waals surface area (Å²) in [4.78, 5) is 18.5. The van der Waals surface area contributed by atoms with Crippen LogP contribution in [-0.4, -0.2) is 47.0 Å². The number of nitrogens with one attached hydrogen (secondary N) is 1. The Balaban J connectivity index is 0.00000210. The number of nitrogens with zero attached hydrogens (tertiary/aromatic N) is 1. The average molecular weight is 387 g/mol. The van der Waals surface area contributed by atoms with Crippen molar-refractivity contribution in [2.24, 2.45) is 0 Å². The lowest BCUT2D eigenvalue weighted by atomic mass is 10.1. The SMILES string of the molecule is Cl.O=C(c1ccccc1)c1[nH]c2ccc(O)cc2c1OCCN1CCCC1. The van der Waals surface area contributed by atoms with Gasteiger partial charge in [0.15, 0.2) is 5.75 Å². The molecule has 0 spiro atoms. The molecule has 0 unspecified atom stereocenters. The van der Waals surface area contributed by atoms with Gasteiger partial charge in [0.25, 0.3) is 0 Å². The standard InChI is InChI=1S/C21H22N2O3.ClH/c24-16-8-9-18-17(14-16)21(26-13-12-23-10-4-5-11-23)19(22-18)20(25)15-6-2-1-3-7-15;/h1-3,6-9,14,22,24H,4-5,10-13H2;1H. The van der Waals surface area contributed by atoms with E-state index in [2.05, 4.69) is 9.88 Å². The molecule has 0 saturated carbocycles. The number of hydrogen-bond acceptors (Lipinski definition) is 4. The Bertz CT molecular complexity index is 918. The maximum absolute atomic E-state index is 13.0. The number of H-pyrrole nitrogens is 1. The number of aromatic hydroxyl groups is 1. The van der Waals surface area contributed by atoms with E-state index in [1.54, 1.807) is 30.3 Å². The monoisotopic (exact) mass is 386 g/mol. The highest BCUT2D eigenvalue weighted by atomic mass is 35.5. The molecule has 0 radical (unpaired) electrons. The minimum atomic E-state index is -0.113. The molecular weight excluding hydrogens is 364 g/mol. The molecule has 2 heterocycles. The first-order chi connectivity index (χ1) is 12.7. The minimum absolute atomic E-state index is 0. The van der Waals surface area contributed by atoms with Gasteiger partial charge in [-0.1, -0.05) is 30.3 Å². The zero-order valence-electron chi connectivity index (χ0n) is 15.0. The van der Waals surface area contributed by atoms with Crippen LogP contribution in [0.15, 0.2) is 48.5 Å². The molecule has 4 rings (SSSR count). The summed E-state index contributed by atoms with van der Waals surface area (Å²) >= 11 is 0. The number of fused-ring (bicyclic) bond motifs is 1. The molecular formula is C21H23ClN2O3. The first-order valence-corrected chi connectivity index (χ1v) is 9.02. The van der Waals surface area contributed by atoms with E-state index in [1.807, 2.05) is 18.2 Å². The number of halogens is 1. The fraction of sp³-hybridized carbons (Fsp3) is 0.286.